The van der Waals surface area contributed by atoms with Crippen LogP contribution in [0.15, 0.2) is 12.1 Å². The summed E-state index contributed by atoms with van der Waals surface area (Å²) in [5, 5.41) is 0. The molecule has 0 aromatic heterocycles. The molecule has 1 aromatic carbocycles. The van der Waals surface area contributed by atoms with Gasteiger partial charge in [0.2, 0.25) is 0 Å². The number of hydrogen-bond acceptors (Lipinski definition) is 5. The van der Waals surface area contributed by atoms with Gasteiger partial charge >= 0.3 is 0 Å². The van der Waals surface area contributed by atoms with Crippen LogP contribution in [0.5, 0.6) is 11.5 Å². The number of nitrogens with zero attached hydrogens (tertiary/aromatic N) is 1. The number of anilines is 1. The monoisotopic (exact) mass is 265 g/mol. The van der Waals surface area contributed by atoms with Gasteiger partial charge in [-0.1, -0.05) is 0 Å². The molecule has 5 heteroatoms. The van der Waals surface area contributed by atoms with Crippen molar-refractivity contribution in [3.63, 3.8) is 0 Å². The highest BCUT2D eigenvalue weighted by molar-refractivity contribution is 5.65. The van der Waals surface area contributed by atoms with E-state index in [0.717, 1.165) is 35.8 Å². The fourth-order valence-electron chi connectivity index (χ4n) is 2.53. The predicted octanol–water partition coefficient (Wildman–Crippen LogP) is 1.26. The molecular formula is C14H23N3O2. The summed E-state index contributed by atoms with van der Waals surface area (Å²) in [6.45, 7) is 2.49. The Labute approximate surface area is 114 Å². The zero-order chi connectivity index (χ0) is 13.8. The predicted molar refractivity (Wildman–Crippen MR) is 77.0 cm³/mol. The van der Waals surface area contributed by atoms with E-state index in [1.807, 2.05) is 12.1 Å². The molecule has 0 saturated carbocycles. The first-order valence-corrected chi connectivity index (χ1v) is 6.67. The lowest BCUT2D eigenvalue weighted by atomic mass is 10.0. The van der Waals surface area contributed by atoms with Gasteiger partial charge in [0.25, 0.3) is 0 Å². The van der Waals surface area contributed by atoms with Crippen molar-refractivity contribution in [3.05, 3.63) is 17.7 Å². The summed E-state index contributed by atoms with van der Waals surface area (Å²) in [7, 11) is 3.33. The van der Waals surface area contributed by atoms with E-state index in [1.165, 1.54) is 12.8 Å². The summed E-state index contributed by atoms with van der Waals surface area (Å²) >= 11 is 0. The number of hydrogen-bond donors (Lipinski definition) is 2. The normalized spacial score (nSPS) is 16.5. The van der Waals surface area contributed by atoms with E-state index in [4.69, 9.17) is 20.9 Å². The number of ether oxygens (including phenoxy) is 2. The Morgan fingerprint density at radius 1 is 1.16 bits per heavy atom. The molecule has 4 N–H and O–H groups in total. The Balaban J connectivity index is 2.43. The van der Waals surface area contributed by atoms with Crippen molar-refractivity contribution >= 4 is 5.69 Å². The Kier molecular flexibility index (Phi) is 4.50. The number of rotatable bonds is 5. The minimum absolute atomic E-state index is 0.239. The lowest BCUT2D eigenvalue weighted by molar-refractivity contribution is 0.395. The zero-order valence-corrected chi connectivity index (χ0v) is 11.7. The van der Waals surface area contributed by atoms with Gasteiger partial charge in [-0.15, -0.1) is 0 Å². The largest absolute Gasteiger partial charge is 0.496 e. The maximum atomic E-state index is 6.02. The summed E-state index contributed by atoms with van der Waals surface area (Å²) in [6, 6.07) is 3.72. The van der Waals surface area contributed by atoms with Gasteiger partial charge in [-0.05, 0) is 18.9 Å². The van der Waals surface area contributed by atoms with Crippen LogP contribution < -0.4 is 25.8 Å². The van der Waals surface area contributed by atoms with Crippen LogP contribution in [-0.2, 0) is 0 Å². The van der Waals surface area contributed by atoms with Crippen molar-refractivity contribution < 1.29 is 9.47 Å². The number of nitrogens with two attached hydrogens (primary N) is 2. The van der Waals surface area contributed by atoms with E-state index in [9.17, 15) is 0 Å². The fourth-order valence-corrected chi connectivity index (χ4v) is 2.53. The molecular weight excluding hydrogens is 242 g/mol. The van der Waals surface area contributed by atoms with Crippen molar-refractivity contribution in [2.24, 2.45) is 11.5 Å². The second-order valence-corrected chi connectivity index (χ2v) is 4.80. The van der Waals surface area contributed by atoms with Gasteiger partial charge in [-0.2, -0.15) is 0 Å². The van der Waals surface area contributed by atoms with Crippen LogP contribution in [0.2, 0.25) is 0 Å². The summed E-state index contributed by atoms with van der Waals surface area (Å²) in [4.78, 5) is 2.32. The van der Waals surface area contributed by atoms with Crippen molar-refractivity contribution in [1.29, 1.82) is 0 Å². The lowest BCUT2D eigenvalue weighted by Gasteiger charge is -2.24. The Morgan fingerprint density at radius 2 is 1.79 bits per heavy atom. The van der Waals surface area contributed by atoms with E-state index in [2.05, 4.69) is 4.90 Å². The molecule has 1 aromatic rings. The Morgan fingerprint density at radius 3 is 2.32 bits per heavy atom. The summed E-state index contributed by atoms with van der Waals surface area (Å²) < 4.78 is 10.9. The SMILES string of the molecule is COc1cc(N2CCCC2)c(OC)cc1C(N)CN. The highest BCUT2D eigenvalue weighted by atomic mass is 16.5. The number of methoxy groups -OCH3 is 2. The molecule has 1 fully saturated rings. The van der Waals surface area contributed by atoms with Crippen molar-refractivity contribution in [2.45, 2.75) is 18.9 Å². The molecule has 0 radical (unpaired) electrons. The van der Waals surface area contributed by atoms with E-state index in [1.54, 1.807) is 14.2 Å². The Bertz CT molecular complexity index is 431. The highest BCUT2D eigenvalue weighted by Crippen LogP contribution is 2.38. The molecule has 0 aliphatic carbocycles. The molecule has 0 amide bonds. The minimum atomic E-state index is -0.239. The summed E-state index contributed by atoms with van der Waals surface area (Å²) in [6.07, 6.45) is 2.44. The second kappa shape index (κ2) is 6.12. The molecule has 1 heterocycles. The van der Waals surface area contributed by atoms with Crippen molar-refractivity contribution in [3.8, 4) is 11.5 Å². The average molecular weight is 265 g/mol. The number of benzene rings is 1. The van der Waals surface area contributed by atoms with E-state index >= 15 is 0 Å². The van der Waals surface area contributed by atoms with Crippen LogP contribution in [0.25, 0.3) is 0 Å². The first-order valence-electron chi connectivity index (χ1n) is 6.67. The average Bonchev–Trinajstić information content (AvgIpc) is 2.98. The van der Waals surface area contributed by atoms with Gasteiger partial charge < -0.3 is 25.8 Å². The van der Waals surface area contributed by atoms with Crippen molar-refractivity contribution in [2.75, 3.05) is 38.8 Å². The molecule has 0 bridgehead atoms. The van der Waals surface area contributed by atoms with Gasteiger partial charge in [0.05, 0.1) is 19.9 Å². The molecule has 1 aliphatic heterocycles. The quantitative estimate of drug-likeness (QED) is 0.838. The lowest BCUT2D eigenvalue weighted by Crippen LogP contribution is -2.23. The van der Waals surface area contributed by atoms with Gasteiger partial charge in [0.1, 0.15) is 11.5 Å². The van der Waals surface area contributed by atoms with Crippen LogP contribution in [0.1, 0.15) is 24.4 Å². The molecule has 5 nitrogen and oxygen atoms in total. The minimum Gasteiger partial charge on any atom is -0.496 e. The molecule has 1 aliphatic rings. The zero-order valence-electron chi connectivity index (χ0n) is 11.7. The molecule has 2 rings (SSSR count). The van der Waals surface area contributed by atoms with Crippen molar-refractivity contribution in [1.82, 2.24) is 0 Å². The van der Waals surface area contributed by atoms with Gasteiger partial charge in [-0.3, -0.25) is 0 Å². The molecule has 1 saturated heterocycles. The maximum Gasteiger partial charge on any atom is 0.142 e. The van der Waals surface area contributed by atoms with E-state index in [0.29, 0.717) is 6.54 Å². The summed E-state index contributed by atoms with van der Waals surface area (Å²) in [5.74, 6) is 1.61. The summed E-state index contributed by atoms with van der Waals surface area (Å²) in [5.41, 5.74) is 13.6. The van der Waals surface area contributed by atoms with Gasteiger partial charge in [-0.25, -0.2) is 0 Å². The third-order valence-corrected chi connectivity index (χ3v) is 3.63. The van der Waals surface area contributed by atoms with Gasteiger partial charge in [0, 0.05) is 37.3 Å². The highest BCUT2D eigenvalue weighted by Gasteiger charge is 2.21. The molecule has 19 heavy (non-hydrogen) atoms. The molecule has 1 unspecified atom stereocenters. The smallest absolute Gasteiger partial charge is 0.142 e. The molecule has 0 spiro atoms. The van der Waals surface area contributed by atoms with Crippen LogP contribution in [-0.4, -0.2) is 33.9 Å². The van der Waals surface area contributed by atoms with Crippen LogP contribution in [0, 0.1) is 0 Å². The second-order valence-electron chi connectivity index (χ2n) is 4.80. The first-order chi connectivity index (χ1) is 9.21. The topological polar surface area (TPSA) is 73.7 Å². The third kappa shape index (κ3) is 2.77. The van der Waals surface area contributed by atoms with Crippen LogP contribution in [0.4, 0.5) is 5.69 Å². The van der Waals surface area contributed by atoms with Gasteiger partial charge in [0.15, 0.2) is 0 Å². The third-order valence-electron chi connectivity index (χ3n) is 3.63. The van der Waals surface area contributed by atoms with Crippen LogP contribution >= 0.6 is 0 Å². The first kappa shape index (κ1) is 14.0. The van der Waals surface area contributed by atoms with E-state index < -0.39 is 0 Å². The fraction of sp³-hybridized carbons (Fsp3) is 0.571. The standard InChI is InChI=1S/C14H23N3O2/c1-18-13-8-12(17-5-3-4-6-17)14(19-2)7-10(13)11(16)9-15/h7-8,11H,3-6,9,15-16H2,1-2H3. The molecule has 1 atom stereocenters. The molecule has 106 valence electrons. The maximum absolute atomic E-state index is 6.02. The van der Waals surface area contributed by atoms with Crippen LogP contribution in [0.3, 0.4) is 0 Å². The van der Waals surface area contributed by atoms with E-state index in [-0.39, 0.29) is 6.04 Å². The Hall–Kier alpha value is -1.46.